The molecule has 1 saturated carbocycles. The minimum atomic E-state index is -0.449. The van der Waals surface area contributed by atoms with Crippen molar-refractivity contribution in [1.29, 1.82) is 0 Å². The number of nitrogens with one attached hydrogen (secondary N) is 1. The van der Waals surface area contributed by atoms with Crippen LogP contribution in [0, 0.1) is 11.8 Å². The summed E-state index contributed by atoms with van der Waals surface area (Å²) < 4.78 is 5.54. The van der Waals surface area contributed by atoms with E-state index < -0.39 is 6.10 Å². The second-order valence-corrected chi connectivity index (χ2v) is 6.41. The van der Waals surface area contributed by atoms with Gasteiger partial charge in [-0.1, -0.05) is 44.4 Å². The van der Waals surface area contributed by atoms with Gasteiger partial charge in [-0.15, -0.1) is 0 Å². The lowest BCUT2D eigenvalue weighted by molar-refractivity contribution is 0.106. The van der Waals surface area contributed by atoms with Crippen molar-refractivity contribution in [1.82, 2.24) is 5.32 Å². The second-order valence-electron chi connectivity index (χ2n) is 6.41. The number of ether oxygens (including phenoxy) is 1. The van der Waals surface area contributed by atoms with Gasteiger partial charge in [0.15, 0.2) is 0 Å². The first-order valence-electron chi connectivity index (χ1n) is 8.30. The summed E-state index contributed by atoms with van der Waals surface area (Å²) in [5.41, 5.74) is 0. The average Bonchev–Trinajstić information content (AvgIpc) is 2.51. The summed E-state index contributed by atoms with van der Waals surface area (Å²) in [6, 6.07) is 9.64. The molecule has 2 N–H and O–H groups in total. The highest BCUT2D eigenvalue weighted by Crippen LogP contribution is 2.30. The molecule has 118 valence electrons. The zero-order valence-corrected chi connectivity index (χ0v) is 13.1. The van der Waals surface area contributed by atoms with Crippen LogP contribution in [-0.4, -0.2) is 30.9 Å². The van der Waals surface area contributed by atoms with Gasteiger partial charge in [-0.05, 0) is 43.4 Å². The minimum Gasteiger partial charge on any atom is -0.491 e. The van der Waals surface area contributed by atoms with Crippen LogP contribution in [-0.2, 0) is 0 Å². The number of rotatable bonds is 8. The van der Waals surface area contributed by atoms with E-state index in [0.717, 1.165) is 24.1 Å². The molecule has 21 heavy (non-hydrogen) atoms. The fourth-order valence-corrected chi connectivity index (χ4v) is 3.16. The van der Waals surface area contributed by atoms with E-state index in [2.05, 4.69) is 12.2 Å². The van der Waals surface area contributed by atoms with Crippen LogP contribution in [0.1, 0.15) is 39.0 Å². The molecule has 1 aromatic rings. The maximum Gasteiger partial charge on any atom is 0.119 e. The fourth-order valence-electron chi connectivity index (χ4n) is 3.16. The number of hydrogen-bond acceptors (Lipinski definition) is 3. The highest BCUT2D eigenvalue weighted by atomic mass is 16.5. The molecule has 1 aliphatic carbocycles. The Bertz CT molecular complexity index is 382. The standard InChI is InChI=1S/C18H29NO2/c1-15-6-5-7-16(12-15)10-11-19-13-17(20)14-21-18-8-3-2-4-9-18/h2-4,8-9,15-17,19-20H,5-7,10-14H2,1H3. The summed E-state index contributed by atoms with van der Waals surface area (Å²) in [6.45, 7) is 4.32. The molecule has 0 saturated heterocycles. The van der Waals surface area contributed by atoms with E-state index in [0.29, 0.717) is 13.2 Å². The number of hydrogen-bond donors (Lipinski definition) is 2. The van der Waals surface area contributed by atoms with Gasteiger partial charge in [0.05, 0.1) is 0 Å². The number of benzene rings is 1. The van der Waals surface area contributed by atoms with Crippen LogP contribution >= 0.6 is 0 Å². The molecule has 1 aliphatic rings. The molecule has 1 aromatic carbocycles. The van der Waals surface area contributed by atoms with Crippen LogP contribution in [0.4, 0.5) is 0 Å². The smallest absolute Gasteiger partial charge is 0.119 e. The highest BCUT2D eigenvalue weighted by molar-refractivity contribution is 5.20. The number of para-hydroxylation sites is 1. The van der Waals surface area contributed by atoms with Crippen LogP contribution in [0.15, 0.2) is 30.3 Å². The molecule has 1 fully saturated rings. The van der Waals surface area contributed by atoms with Gasteiger partial charge >= 0.3 is 0 Å². The van der Waals surface area contributed by atoms with Crippen molar-refractivity contribution >= 4 is 0 Å². The van der Waals surface area contributed by atoms with Crippen molar-refractivity contribution in [2.24, 2.45) is 11.8 Å². The Morgan fingerprint density at radius 3 is 2.86 bits per heavy atom. The van der Waals surface area contributed by atoms with Crippen LogP contribution in [0.2, 0.25) is 0 Å². The molecule has 3 unspecified atom stereocenters. The summed E-state index contributed by atoms with van der Waals surface area (Å²) in [5.74, 6) is 2.58. The summed E-state index contributed by atoms with van der Waals surface area (Å²) in [4.78, 5) is 0. The second kappa shape index (κ2) is 9.06. The average molecular weight is 291 g/mol. The lowest BCUT2D eigenvalue weighted by Gasteiger charge is -2.26. The molecule has 0 heterocycles. The van der Waals surface area contributed by atoms with E-state index >= 15 is 0 Å². The Balaban J connectivity index is 1.52. The monoisotopic (exact) mass is 291 g/mol. The molecule has 3 nitrogen and oxygen atoms in total. The maximum atomic E-state index is 9.90. The van der Waals surface area contributed by atoms with Crippen molar-refractivity contribution < 1.29 is 9.84 Å². The summed E-state index contributed by atoms with van der Waals surface area (Å²) >= 11 is 0. The predicted octanol–water partition coefficient (Wildman–Crippen LogP) is 3.23. The summed E-state index contributed by atoms with van der Waals surface area (Å²) in [5, 5.41) is 13.3. The lowest BCUT2D eigenvalue weighted by Crippen LogP contribution is -2.32. The topological polar surface area (TPSA) is 41.5 Å². The maximum absolute atomic E-state index is 9.90. The predicted molar refractivity (Wildman–Crippen MR) is 86.6 cm³/mol. The molecule has 0 bridgehead atoms. The molecular weight excluding hydrogens is 262 g/mol. The third-order valence-corrected chi connectivity index (χ3v) is 4.34. The molecule has 3 atom stereocenters. The summed E-state index contributed by atoms with van der Waals surface area (Å²) in [7, 11) is 0. The van der Waals surface area contributed by atoms with E-state index in [1.807, 2.05) is 30.3 Å². The quantitative estimate of drug-likeness (QED) is 0.723. The van der Waals surface area contributed by atoms with Crippen molar-refractivity contribution in [3.63, 3.8) is 0 Å². The summed E-state index contributed by atoms with van der Waals surface area (Å²) in [6.07, 6.45) is 6.33. The van der Waals surface area contributed by atoms with Crippen LogP contribution in [0.25, 0.3) is 0 Å². The van der Waals surface area contributed by atoms with Gasteiger partial charge in [0.1, 0.15) is 18.5 Å². The minimum absolute atomic E-state index is 0.345. The van der Waals surface area contributed by atoms with Gasteiger partial charge in [0.25, 0.3) is 0 Å². The van der Waals surface area contributed by atoms with E-state index in [-0.39, 0.29) is 0 Å². The molecule has 0 aromatic heterocycles. The third-order valence-electron chi connectivity index (χ3n) is 4.34. The van der Waals surface area contributed by atoms with Gasteiger partial charge in [0.2, 0.25) is 0 Å². The van der Waals surface area contributed by atoms with Crippen LogP contribution in [0.5, 0.6) is 5.75 Å². The fraction of sp³-hybridized carbons (Fsp3) is 0.667. The van der Waals surface area contributed by atoms with Gasteiger partial charge in [-0.25, -0.2) is 0 Å². The van der Waals surface area contributed by atoms with E-state index in [4.69, 9.17) is 4.74 Å². The lowest BCUT2D eigenvalue weighted by atomic mass is 9.81. The Hall–Kier alpha value is -1.06. The SMILES string of the molecule is CC1CCCC(CCNCC(O)COc2ccccc2)C1. The first-order chi connectivity index (χ1) is 10.2. The number of aliphatic hydroxyl groups is 1. The van der Waals surface area contributed by atoms with Crippen LogP contribution < -0.4 is 10.1 Å². The molecule has 0 amide bonds. The Labute approximate surface area is 128 Å². The van der Waals surface area contributed by atoms with E-state index in [9.17, 15) is 5.11 Å². The zero-order valence-electron chi connectivity index (χ0n) is 13.1. The first-order valence-corrected chi connectivity index (χ1v) is 8.30. The zero-order chi connectivity index (χ0) is 14.9. The van der Waals surface area contributed by atoms with Gasteiger partial charge in [0, 0.05) is 6.54 Å². The van der Waals surface area contributed by atoms with E-state index in [1.165, 1.54) is 32.1 Å². The van der Waals surface area contributed by atoms with Gasteiger partial charge in [-0.3, -0.25) is 0 Å². The molecule has 3 heteroatoms. The largest absolute Gasteiger partial charge is 0.491 e. The van der Waals surface area contributed by atoms with Gasteiger partial charge in [-0.2, -0.15) is 0 Å². The first kappa shape index (κ1) is 16.3. The normalized spacial score (nSPS) is 23.7. The number of aliphatic hydroxyl groups excluding tert-OH is 1. The highest BCUT2D eigenvalue weighted by Gasteiger charge is 2.18. The van der Waals surface area contributed by atoms with E-state index in [1.54, 1.807) is 0 Å². The van der Waals surface area contributed by atoms with Crippen molar-refractivity contribution in [2.75, 3.05) is 19.7 Å². The molecular formula is C18H29NO2. The third kappa shape index (κ3) is 6.49. The van der Waals surface area contributed by atoms with Crippen molar-refractivity contribution in [3.05, 3.63) is 30.3 Å². The molecule has 2 rings (SSSR count). The van der Waals surface area contributed by atoms with Crippen molar-refractivity contribution in [2.45, 2.75) is 45.1 Å². The van der Waals surface area contributed by atoms with Gasteiger partial charge < -0.3 is 15.2 Å². The molecule has 0 spiro atoms. The molecule has 0 aliphatic heterocycles. The van der Waals surface area contributed by atoms with Crippen molar-refractivity contribution in [3.8, 4) is 5.75 Å². The Kier molecular flexibility index (Phi) is 7.04. The Morgan fingerprint density at radius 1 is 1.29 bits per heavy atom. The Morgan fingerprint density at radius 2 is 2.10 bits per heavy atom. The van der Waals surface area contributed by atoms with Crippen LogP contribution in [0.3, 0.4) is 0 Å². The molecule has 0 radical (unpaired) electrons.